The number of methoxy groups -OCH3 is 4. The van der Waals surface area contributed by atoms with E-state index in [2.05, 4.69) is 4.72 Å². The van der Waals surface area contributed by atoms with Gasteiger partial charge in [0.2, 0.25) is 10.0 Å². The van der Waals surface area contributed by atoms with Crippen LogP contribution in [-0.2, 0) is 24.4 Å². The van der Waals surface area contributed by atoms with Gasteiger partial charge in [0.1, 0.15) is 0 Å². The molecule has 1 aliphatic rings. The van der Waals surface area contributed by atoms with E-state index >= 15 is 0 Å². The van der Waals surface area contributed by atoms with Crippen LogP contribution < -0.4 is 35.1 Å². The lowest BCUT2D eigenvalue weighted by Gasteiger charge is -2.27. The van der Waals surface area contributed by atoms with Crippen LogP contribution in [0.3, 0.4) is 0 Å². The summed E-state index contributed by atoms with van der Waals surface area (Å²) < 4.78 is 114. The highest BCUT2D eigenvalue weighted by Crippen LogP contribution is 2.34. The van der Waals surface area contributed by atoms with Crippen LogP contribution in [0.15, 0.2) is 70.6 Å². The molecule has 1 fully saturated rings. The number of hydrogen-bond acceptors (Lipinski definition) is 11. The summed E-state index contributed by atoms with van der Waals surface area (Å²) in [5.41, 5.74) is 14.3. The monoisotopic (exact) mass is 807 g/mol. The fourth-order valence-corrected chi connectivity index (χ4v) is 5.89. The Bertz CT molecular complexity index is 1950. The number of carboxylic acids is 2. The highest BCUT2D eigenvalue weighted by molar-refractivity contribution is 7.89. The second-order valence-corrected chi connectivity index (χ2v) is 12.7. The molecule has 0 atom stereocenters. The van der Waals surface area contributed by atoms with Crippen LogP contribution in [0.2, 0.25) is 0 Å². The minimum Gasteiger partial charge on any atom is -0.493 e. The molecule has 3 aromatic rings. The molecule has 0 aromatic heterocycles. The Labute approximate surface area is 310 Å². The summed E-state index contributed by atoms with van der Waals surface area (Å²) in [6, 6.07) is 14.1. The predicted octanol–water partition coefficient (Wildman–Crippen LogP) is 5.33. The second-order valence-electron chi connectivity index (χ2n) is 11.0. The molecule has 21 heteroatoms. The van der Waals surface area contributed by atoms with Gasteiger partial charge in [0.15, 0.2) is 28.8 Å². The van der Waals surface area contributed by atoms with Gasteiger partial charge in [0.25, 0.3) is 0 Å². The summed E-state index contributed by atoms with van der Waals surface area (Å²) in [6.45, 7) is 0. The number of benzene rings is 3. The number of nitrogen functional groups attached to an aromatic ring is 2. The van der Waals surface area contributed by atoms with E-state index in [0.29, 0.717) is 45.3 Å². The zero-order valence-corrected chi connectivity index (χ0v) is 30.1. The number of sulfonamides is 1. The molecule has 3 aromatic carbocycles. The van der Waals surface area contributed by atoms with E-state index < -0.39 is 40.4 Å². The maximum Gasteiger partial charge on any atom is 0.490 e. The molecule has 0 spiro atoms. The average molecular weight is 808 g/mol. The van der Waals surface area contributed by atoms with Crippen molar-refractivity contribution in [3.05, 3.63) is 76.9 Å². The topological polar surface area (TPSA) is 227 Å². The van der Waals surface area contributed by atoms with Crippen molar-refractivity contribution in [3.8, 4) is 23.0 Å². The van der Waals surface area contributed by atoms with Gasteiger partial charge in [0, 0.05) is 17.2 Å². The number of halogens is 6. The van der Waals surface area contributed by atoms with Crippen molar-refractivity contribution >= 4 is 51.3 Å². The first kappa shape index (κ1) is 45.2. The largest absolute Gasteiger partial charge is 0.493 e. The number of nitrogens with two attached hydrogens (primary N) is 2. The van der Waals surface area contributed by atoms with Gasteiger partial charge in [-0.3, -0.25) is 4.79 Å². The van der Waals surface area contributed by atoms with Gasteiger partial charge < -0.3 is 40.6 Å². The van der Waals surface area contributed by atoms with E-state index in [-0.39, 0.29) is 34.9 Å². The molecular formula is C34H35F6N3O11S. The molecule has 1 aliphatic carbocycles. The Morgan fingerprint density at radius 3 is 1.40 bits per heavy atom. The van der Waals surface area contributed by atoms with Crippen molar-refractivity contribution in [2.75, 3.05) is 39.9 Å². The number of alkyl halides is 6. The van der Waals surface area contributed by atoms with Crippen molar-refractivity contribution in [1.29, 1.82) is 0 Å². The summed E-state index contributed by atoms with van der Waals surface area (Å²) in [5, 5.41) is 14.2. The first-order valence-electron chi connectivity index (χ1n) is 15.1. The highest BCUT2D eigenvalue weighted by atomic mass is 32.2. The number of carboxylic acid groups (broad SMARTS) is 2. The lowest BCUT2D eigenvalue weighted by atomic mass is 9.84. The smallest absolute Gasteiger partial charge is 0.490 e. The molecule has 0 unspecified atom stereocenters. The zero-order valence-electron chi connectivity index (χ0n) is 29.2. The quantitative estimate of drug-likeness (QED) is 0.105. The van der Waals surface area contributed by atoms with Gasteiger partial charge >= 0.3 is 24.3 Å². The van der Waals surface area contributed by atoms with Gasteiger partial charge in [-0.15, -0.1) is 0 Å². The van der Waals surface area contributed by atoms with Crippen LogP contribution in [0.25, 0.3) is 12.2 Å². The standard InChI is InChI=1S/C30H33N3O7S.2C2HF3O2/c1-37-26-9-5-18(13-28(26)39-3)11-20-15-22(33-41(35,36)23-7-8-24(31)25(32)17-23)16-21(30(20)34)12-19-6-10-27(38-2)29(14-19)40-4;2*3-2(4,5)1(6)7/h5-14,17,22,33H,15-16,31-32H2,1-4H3;2*(H,6,7)/b20-11+,21-12+;;. The fourth-order valence-electron chi connectivity index (χ4n) is 4.62. The first-order valence-corrected chi connectivity index (χ1v) is 16.6. The second kappa shape index (κ2) is 18.9. The summed E-state index contributed by atoms with van der Waals surface area (Å²) in [7, 11) is 2.16. The van der Waals surface area contributed by atoms with Crippen molar-refractivity contribution in [2.45, 2.75) is 36.1 Å². The third-order valence-electron chi connectivity index (χ3n) is 7.19. The lowest BCUT2D eigenvalue weighted by Crippen LogP contribution is -2.39. The Morgan fingerprint density at radius 1 is 0.691 bits per heavy atom. The van der Waals surface area contributed by atoms with Crippen molar-refractivity contribution < 1.29 is 78.3 Å². The number of carbonyl (C=O) groups is 3. The van der Waals surface area contributed by atoms with Crippen LogP contribution in [0.1, 0.15) is 24.0 Å². The predicted molar refractivity (Wildman–Crippen MR) is 186 cm³/mol. The number of nitrogens with one attached hydrogen (secondary N) is 1. The Hall–Kier alpha value is -5.96. The van der Waals surface area contributed by atoms with Gasteiger partial charge in [-0.1, -0.05) is 12.1 Å². The van der Waals surface area contributed by atoms with Crippen LogP contribution in [0, 0.1) is 0 Å². The van der Waals surface area contributed by atoms with Gasteiger partial charge in [0.05, 0.1) is 44.7 Å². The number of aliphatic carboxylic acids is 2. The van der Waals surface area contributed by atoms with Crippen LogP contribution in [-0.4, -0.2) is 83.2 Å². The van der Waals surface area contributed by atoms with Crippen LogP contribution in [0.5, 0.6) is 23.0 Å². The van der Waals surface area contributed by atoms with Crippen molar-refractivity contribution in [2.24, 2.45) is 0 Å². The molecule has 0 aliphatic heterocycles. The van der Waals surface area contributed by atoms with Crippen LogP contribution in [0.4, 0.5) is 37.7 Å². The molecule has 0 saturated heterocycles. The van der Waals surface area contributed by atoms with Gasteiger partial charge in [-0.25, -0.2) is 22.7 Å². The Morgan fingerprint density at radius 2 is 1.07 bits per heavy atom. The van der Waals surface area contributed by atoms with Crippen molar-refractivity contribution in [3.63, 3.8) is 0 Å². The molecular weight excluding hydrogens is 772 g/mol. The minimum atomic E-state index is -5.08. The molecule has 300 valence electrons. The SMILES string of the molecule is COc1ccc(/C=C2\CC(NS(=O)(=O)c3ccc(N)c(N)c3)C/C(=C\c3ccc(OC)c(OC)c3)C2=O)cc1OC.O=C(O)C(F)(F)F.O=C(O)C(F)(F)F. The fraction of sp³-hybridized carbons (Fsp3) is 0.265. The van der Waals surface area contributed by atoms with E-state index in [1.54, 1.807) is 48.6 Å². The average Bonchev–Trinajstić information content (AvgIpc) is 3.10. The number of ketones is 1. The summed E-state index contributed by atoms with van der Waals surface area (Å²) in [5.74, 6) is -3.60. The Balaban J connectivity index is 0.000000633. The molecule has 7 N–H and O–H groups in total. The molecule has 55 heavy (non-hydrogen) atoms. The third-order valence-corrected chi connectivity index (χ3v) is 8.71. The summed E-state index contributed by atoms with van der Waals surface area (Å²) in [4.78, 5) is 31.5. The number of anilines is 2. The summed E-state index contributed by atoms with van der Waals surface area (Å²) in [6.07, 6.45) is -6.37. The molecule has 14 nitrogen and oxygen atoms in total. The number of Topliss-reactive ketones (excluding diaryl/α,β-unsaturated/α-hetero) is 1. The Kier molecular flexibility index (Phi) is 15.5. The van der Waals surface area contributed by atoms with E-state index in [9.17, 15) is 39.6 Å². The molecule has 1 saturated carbocycles. The molecule has 0 bridgehead atoms. The number of carbonyl (C=O) groups excluding carboxylic acids is 1. The number of hydrogen-bond donors (Lipinski definition) is 5. The lowest BCUT2D eigenvalue weighted by molar-refractivity contribution is -0.193. The van der Waals surface area contributed by atoms with E-state index in [1.165, 1.54) is 46.6 Å². The molecule has 0 heterocycles. The normalized spacial score (nSPS) is 15.9. The maximum atomic E-state index is 13.7. The summed E-state index contributed by atoms with van der Waals surface area (Å²) >= 11 is 0. The zero-order chi connectivity index (χ0) is 41.9. The van der Waals surface area contributed by atoms with Crippen LogP contribution >= 0.6 is 0 Å². The van der Waals surface area contributed by atoms with E-state index in [1.807, 2.05) is 0 Å². The van der Waals surface area contributed by atoms with Gasteiger partial charge in [-0.2, -0.15) is 26.3 Å². The first-order chi connectivity index (χ1) is 25.5. The third kappa shape index (κ3) is 13.1. The van der Waals surface area contributed by atoms with E-state index in [4.69, 9.17) is 50.2 Å². The maximum absolute atomic E-state index is 13.7. The minimum absolute atomic E-state index is 0.0167. The van der Waals surface area contributed by atoms with E-state index in [0.717, 1.165) is 0 Å². The molecule has 0 amide bonds. The highest BCUT2D eigenvalue weighted by Gasteiger charge is 2.39. The van der Waals surface area contributed by atoms with Gasteiger partial charge in [-0.05, 0) is 78.6 Å². The molecule has 4 rings (SSSR count). The van der Waals surface area contributed by atoms with Crippen molar-refractivity contribution in [1.82, 2.24) is 4.72 Å². The molecule has 0 radical (unpaired) electrons. The number of ether oxygens (including phenoxy) is 4. The number of rotatable bonds is 9.